The number of benzene rings is 2. The molecular formula is C19H22N2O. The van der Waals surface area contributed by atoms with Crippen molar-refractivity contribution in [1.82, 2.24) is 4.90 Å². The molecule has 3 nitrogen and oxygen atoms in total. The van der Waals surface area contributed by atoms with Crippen molar-refractivity contribution in [2.24, 2.45) is 5.73 Å². The molecule has 0 aliphatic carbocycles. The predicted molar refractivity (Wildman–Crippen MR) is 89.4 cm³/mol. The van der Waals surface area contributed by atoms with E-state index < -0.39 is 6.04 Å². The van der Waals surface area contributed by atoms with Crippen LogP contribution in [0.25, 0.3) is 11.1 Å². The Kier molecular flexibility index (Phi) is 4.54. The van der Waals surface area contributed by atoms with Gasteiger partial charge in [-0.15, -0.1) is 0 Å². The number of carbonyl (C=O) groups is 1. The lowest BCUT2D eigenvalue weighted by atomic mass is 10.0. The van der Waals surface area contributed by atoms with Gasteiger partial charge in [-0.05, 0) is 36.0 Å². The molecule has 0 radical (unpaired) electrons. The highest BCUT2D eigenvalue weighted by Gasteiger charge is 2.23. The van der Waals surface area contributed by atoms with Crippen LogP contribution in [0.1, 0.15) is 18.4 Å². The minimum absolute atomic E-state index is 0.0876. The van der Waals surface area contributed by atoms with E-state index in [0.717, 1.165) is 31.5 Å². The van der Waals surface area contributed by atoms with Crippen molar-refractivity contribution in [3.63, 3.8) is 0 Å². The Morgan fingerprint density at radius 3 is 2.18 bits per heavy atom. The van der Waals surface area contributed by atoms with E-state index in [4.69, 9.17) is 5.73 Å². The third-order valence-corrected chi connectivity index (χ3v) is 4.25. The molecule has 1 saturated heterocycles. The fourth-order valence-corrected chi connectivity index (χ4v) is 2.98. The van der Waals surface area contributed by atoms with Crippen LogP contribution < -0.4 is 5.73 Å². The SMILES string of the molecule is N[C@@H](Cc1ccc(-c2ccccc2)cc1)C(=O)N1CCCC1. The van der Waals surface area contributed by atoms with E-state index in [9.17, 15) is 4.79 Å². The van der Waals surface area contributed by atoms with Gasteiger partial charge in [-0.3, -0.25) is 4.79 Å². The van der Waals surface area contributed by atoms with Gasteiger partial charge in [-0.1, -0.05) is 54.6 Å². The highest BCUT2D eigenvalue weighted by Crippen LogP contribution is 2.20. The molecule has 1 heterocycles. The third kappa shape index (κ3) is 3.37. The predicted octanol–water partition coefficient (Wildman–Crippen LogP) is 2.85. The second kappa shape index (κ2) is 6.75. The molecular weight excluding hydrogens is 272 g/mol. The maximum atomic E-state index is 12.2. The maximum Gasteiger partial charge on any atom is 0.239 e. The Morgan fingerprint density at radius 1 is 0.955 bits per heavy atom. The molecule has 1 atom stereocenters. The monoisotopic (exact) mass is 294 g/mol. The van der Waals surface area contributed by atoms with Gasteiger partial charge in [-0.25, -0.2) is 0 Å². The van der Waals surface area contributed by atoms with E-state index in [1.165, 1.54) is 11.1 Å². The van der Waals surface area contributed by atoms with Crippen LogP contribution in [0.5, 0.6) is 0 Å². The van der Waals surface area contributed by atoms with Crippen LogP contribution in [0, 0.1) is 0 Å². The van der Waals surface area contributed by atoms with Gasteiger partial charge in [0, 0.05) is 13.1 Å². The number of rotatable bonds is 4. The summed E-state index contributed by atoms with van der Waals surface area (Å²) in [6.45, 7) is 1.72. The number of carbonyl (C=O) groups excluding carboxylic acids is 1. The summed E-state index contributed by atoms with van der Waals surface area (Å²) in [6, 6.07) is 18.2. The van der Waals surface area contributed by atoms with Gasteiger partial charge < -0.3 is 10.6 Å². The lowest BCUT2D eigenvalue weighted by Gasteiger charge is -2.20. The van der Waals surface area contributed by atoms with Gasteiger partial charge in [0.1, 0.15) is 0 Å². The zero-order valence-electron chi connectivity index (χ0n) is 12.7. The Labute approximate surface area is 131 Å². The molecule has 0 bridgehead atoms. The van der Waals surface area contributed by atoms with Gasteiger partial charge >= 0.3 is 0 Å². The molecule has 1 aliphatic rings. The Balaban J connectivity index is 1.64. The van der Waals surface area contributed by atoms with E-state index in [-0.39, 0.29) is 5.91 Å². The summed E-state index contributed by atoms with van der Waals surface area (Å²) >= 11 is 0. The van der Waals surface area contributed by atoms with Crippen LogP contribution in [0.15, 0.2) is 54.6 Å². The third-order valence-electron chi connectivity index (χ3n) is 4.25. The minimum Gasteiger partial charge on any atom is -0.341 e. The molecule has 2 aromatic carbocycles. The normalized spacial score (nSPS) is 15.8. The summed E-state index contributed by atoms with van der Waals surface area (Å²) in [5.41, 5.74) is 9.58. The van der Waals surface area contributed by atoms with E-state index in [2.05, 4.69) is 36.4 Å². The standard InChI is InChI=1S/C19H22N2O/c20-18(19(22)21-12-4-5-13-21)14-15-8-10-17(11-9-15)16-6-2-1-3-7-16/h1-3,6-11,18H,4-5,12-14,20H2/t18-/m0/s1. The zero-order chi connectivity index (χ0) is 15.4. The van der Waals surface area contributed by atoms with Crippen molar-refractivity contribution in [3.8, 4) is 11.1 Å². The summed E-state index contributed by atoms with van der Waals surface area (Å²) in [4.78, 5) is 14.1. The molecule has 1 fully saturated rings. The molecule has 1 amide bonds. The molecule has 1 aliphatic heterocycles. The molecule has 0 unspecified atom stereocenters. The van der Waals surface area contributed by atoms with Gasteiger partial charge in [0.25, 0.3) is 0 Å². The summed E-state index contributed by atoms with van der Waals surface area (Å²) in [7, 11) is 0. The van der Waals surface area contributed by atoms with Crippen molar-refractivity contribution < 1.29 is 4.79 Å². The van der Waals surface area contributed by atoms with Gasteiger partial charge in [0.2, 0.25) is 5.91 Å². The van der Waals surface area contributed by atoms with Crippen molar-refractivity contribution in [2.75, 3.05) is 13.1 Å². The highest BCUT2D eigenvalue weighted by atomic mass is 16.2. The summed E-state index contributed by atoms with van der Waals surface area (Å²) in [5, 5.41) is 0. The van der Waals surface area contributed by atoms with Crippen LogP contribution in [0.2, 0.25) is 0 Å². The average Bonchev–Trinajstić information content (AvgIpc) is 3.10. The molecule has 22 heavy (non-hydrogen) atoms. The van der Waals surface area contributed by atoms with Crippen LogP contribution in [0.4, 0.5) is 0 Å². The van der Waals surface area contributed by atoms with Crippen molar-refractivity contribution in [1.29, 1.82) is 0 Å². The molecule has 0 aromatic heterocycles. The summed E-state index contributed by atoms with van der Waals surface area (Å²) < 4.78 is 0. The molecule has 3 heteroatoms. The second-order valence-corrected chi connectivity index (χ2v) is 5.91. The van der Waals surface area contributed by atoms with E-state index in [1.807, 2.05) is 23.1 Å². The van der Waals surface area contributed by atoms with Crippen LogP contribution >= 0.6 is 0 Å². The summed E-state index contributed by atoms with van der Waals surface area (Å²) in [6.07, 6.45) is 2.80. The van der Waals surface area contributed by atoms with Crippen molar-refractivity contribution >= 4 is 5.91 Å². The number of nitrogens with zero attached hydrogens (tertiary/aromatic N) is 1. The number of hydrogen-bond donors (Lipinski definition) is 1. The first-order valence-corrected chi connectivity index (χ1v) is 7.93. The molecule has 0 spiro atoms. The Hall–Kier alpha value is -2.13. The van der Waals surface area contributed by atoms with Crippen LogP contribution in [-0.4, -0.2) is 29.9 Å². The molecule has 114 valence electrons. The first-order chi connectivity index (χ1) is 10.7. The van der Waals surface area contributed by atoms with E-state index in [0.29, 0.717) is 6.42 Å². The molecule has 2 aromatic rings. The number of nitrogens with two attached hydrogens (primary N) is 1. The second-order valence-electron chi connectivity index (χ2n) is 5.91. The number of likely N-dealkylation sites (tertiary alicyclic amines) is 1. The Bertz CT molecular complexity index is 616. The largest absolute Gasteiger partial charge is 0.341 e. The number of amides is 1. The van der Waals surface area contributed by atoms with Crippen molar-refractivity contribution in [3.05, 3.63) is 60.2 Å². The van der Waals surface area contributed by atoms with Gasteiger partial charge in [-0.2, -0.15) is 0 Å². The smallest absolute Gasteiger partial charge is 0.239 e. The highest BCUT2D eigenvalue weighted by molar-refractivity contribution is 5.82. The lowest BCUT2D eigenvalue weighted by Crippen LogP contribution is -2.43. The van der Waals surface area contributed by atoms with Crippen molar-refractivity contribution in [2.45, 2.75) is 25.3 Å². The zero-order valence-corrected chi connectivity index (χ0v) is 12.7. The fraction of sp³-hybridized carbons (Fsp3) is 0.316. The summed E-state index contributed by atoms with van der Waals surface area (Å²) in [5.74, 6) is 0.0876. The lowest BCUT2D eigenvalue weighted by molar-refractivity contribution is -0.131. The number of hydrogen-bond acceptors (Lipinski definition) is 2. The average molecular weight is 294 g/mol. The van der Waals surface area contributed by atoms with Crippen LogP contribution in [-0.2, 0) is 11.2 Å². The van der Waals surface area contributed by atoms with E-state index >= 15 is 0 Å². The Morgan fingerprint density at radius 2 is 1.55 bits per heavy atom. The molecule has 2 N–H and O–H groups in total. The quantitative estimate of drug-likeness (QED) is 0.942. The maximum absolute atomic E-state index is 12.2. The first kappa shape index (κ1) is 14.8. The fourth-order valence-electron chi connectivity index (χ4n) is 2.98. The minimum atomic E-state index is -0.430. The van der Waals surface area contributed by atoms with E-state index in [1.54, 1.807) is 0 Å². The van der Waals surface area contributed by atoms with Gasteiger partial charge in [0.15, 0.2) is 0 Å². The first-order valence-electron chi connectivity index (χ1n) is 7.93. The molecule has 3 rings (SSSR count). The van der Waals surface area contributed by atoms with Crippen LogP contribution in [0.3, 0.4) is 0 Å². The van der Waals surface area contributed by atoms with Gasteiger partial charge in [0.05, 0.1) is 6.04 Å². The molecule has 0 saturated carbocycles. The topological polar surface area (TPSA) is 46.3 Å².